The fourth-order valence-corrected chi connectivity index (χ4v) is 3.87. The van der Waals surface area contributed by atoms with E-state index in [-0.39, 0.29) is 0 Å². The van der Waals surface area contributed by atoms with Gasteiger partial charge in [0, 0.05) is 42.1 Å². The number of hydrogen-bond donors (Lipinski definition) is 3. The first-order valence-corrected chi connectivity index (χ1v) is 10.3. The molecule has 1 aliphatic heterocycles. The zero-order valence-corrected chi connectivity index (χ0v) is 17.2. The molecule has 2 aromatic heterocycles. The van der Waals surface area contributed by atoms with Crippen LogP contribution in [-0.2, 0) is 12.0 Å². The third kappa shape index (κ3) is 3.50. The average molecular weight is 399 g/mol. The fourth-order valence-electron chi connectivity index (χ4n) is 3.87. The van der Waals surface area contributed by atoms with Crippen LogP contribution in [0.15, 0.2) is 61.1 Å². The molecule has 0 saturated heterocycles. The van der Waals surface area contributed by atoms with Crippen LogP contribution < -0.4 is 10.6 Å². The molecule has 2 aromatic carbocycles. The van der Waals surface area contributed by atoms with Gasteiger partial charge in [-0.05, 0) is 56.0 Å². The number of imidazole rings is 1. The van der Waals surface area contributed by atoms with Crippen molar-refractivity contribution in [1.82, 2.24) is 14.4 Å². The largest absolute Gasteiger partial charge is 0.386 e. The number of anilines is 3. The van der Waals surface area contributed by atoms with E-state index in [1.807, 2.05) is 41.1 Å². The highest BCUT2D eigenvalue weighted by atomic mass is 16.3. The van der Waals surface area contributed by atoms with Gasteiger partial charge in [0.2, 0.25) is 0 Å². The van der Waals surface area contributed by atoms with Crippen LogP contribution in [0.5, 0.6) is 0 Å². The molecule has 5 rings (SSSR count). The van der Waals surface area contributed by atoms with E-state index >= 15 is 0 Å². The topological polar surface area (TPSA) is 74.5 Å². The van der Waals surface area contributed by atoms with Crippen LogP contribution in [0, 0.1) is 0 Å². The highest BCUT2D eigenvalue weighted by Gasteiger charge is 2.16. The van der Waals surface area contributed by atoms with Gasteiger partial charge in [0.05, 0.1) is 11.3 Å². The van der Waals surface area contributed by atoms with E-state index in [1.54, 1.807) is 20.0 Å². The number of aryl methyl sites for hydroxylation is 1. The number of aromatic nitrogens is 3. The molecule has 152 valence electrons. The van der Waals surface area contributed by atoms with E-state index in [0.29, 0.717) is 5.82 Å². The Bertz CT molecular complexity index is 1200. The van der Waals surface area contributed by atoms with Gasteiger partial charge < -0.3 is 20.1 Å². The monoisotopic (exact) mass is 399 g/mol. The van der Waals surface area contributed by atoms with Crippen molar-refractivity contribution in [3.8, 4) is 11.3 Å². The minimum atomic E-state index is -0.868. The molecule has 0 fully saturated rings. The molecule has 1 aliphatic rings. The van der Waals surface area contributed by atoms with Gasteiger partial charge >= 0.3 is 0 Å². The molecule has 0 aliphatic carbocycles. The Morgan fingerprint density at radius 1 is 1.13 bits per heavy atom. The first-order valence-electron chi connectivity index (χ1n) is 10.3. The van der Waals surface area contributed by atoms with Gasteiger partial charge in [-0.25, -0.2) is 9.97 Å². The summed E-state index contributed by atoms with van der Waals surface area (Å²) >= 11 is 0. The van der Waals surface area contributed by atoms with E-state index in [2.05, 4.69) is 33.8 Å². The predicted octanol–water partition coefficient (Wildman–Crippen LogP) is 4.73. The molecule has 0 spiro atoms. The third-order valence-corrected chi connectivity index (χ3v) is 5.57. The molecule has 0 atom stereocenters. The SMILES string of the molecule is CC(C)(O)c1ccc(Nc2nc(-c3ccc4c(c3)NCCC4)cn3ccnc23)cc1. The molecule has 3 N–H and O–H groups in total. The molecule has 3 heterocycles. The molecule has 0 saturated carbocycles. The Morgan fingerprint density at radius 2 is 1.97 bits per heavy atom. The summed E-state index contributed by atoms with van der Waals surface area (Å²) in [7, 11) is 0. The number of aliphatic hydroxyl groups is 1. The second-order valence-corrected chi connectivity index (χ2v) is 8.30. The van der Waals surface area contributed by atoms with E-state index in [4.69, 9.17) is 4.98 Å². The van der Waals surface area contributed by atoms with Crippen molar-refractivity contribution >= 4 is 22.8 Å². The van der Waals surface area contributed by atoms with Crippen molar-refractivity contribution in [3.63, 3.8) is 0 Å². The lowest BCUT2D eigenvalue weighted by molar-refractivity contribution is 0.0786. The van der Waals surface area contributed by atoms with Crippen molar-refractivity contribution in [3.05, 3.63) is 72.2 Å². The lowest BCUT2D eigenvalue weighted by Crippen LogP contribution is -2.15. The van der Waals surface area contributed by atoms with Gasteiger partial charge in [-0.3, -0.25) is 0 Å². The van der Waals surface area contributed by atoms with Crippen molar-refractivity contribution < 1.29 is 5.11 Å². The number of benzene rings is 2. The van der Waals surface area contributed by atoms with Crippen LogP contribution in [-0.4, -0.2) is 26.0 Å². The molecule has 30 heavy (non-hydrogen) atoms. The maximum Gasteiger partial charge on any atom is 0.180 e. The lowest BCUT2D eigenvalue weighted by Gasteiger charge is -2.19. The van der Waals surface area contributed by atoms with Crippen LogP contribution in [0.25, 0.3) is 16.9 Å². The lowest BCUT2D eigenvalue weighted by atomic mass is 9.98. The normalized spacial score (nSPS) is 13.7. The van der Waals surface area contributed by atoms with E-state index in [1.165, 1.54) is 17.7 Å². The van der Waals surface area contributed by atoms with Crippen LogP contribution >= 0.6 is 0 Å². The molecule has 0 radical (unpaired) electrons. The smallest absolute Gasteiger partial charge is 0.180 e. The Morgan fingerprint density at radius 3 is 2.77 bits per heavy atom. The highest BCUT2D eigenvalue weighted by Crippen LogP contribution is 2.30. The molecule has 4 aromatic rings. The van der Waals surface area contributed by atoms with Gasteiger partial charge in [-0.15, -0.1) is 0 Å². The second-order valence-electron chi connectivity index (χ2n) is 8.30. The maximum absolute atomic E-state index is 10.2. The Balaban J connectivity index is 1.52. The summed E-state index contributed by atoms with van der Waals surface area (Å²) in [5.41, 5.74) is 6.16. The van der Waals surface area contributed by atoms with Crippen LogP contribution in [0.3, 0.4) is 0 Å². The molecule has 0 unspecified atom stereocenters. The summed E-state index contributed by atoms with van der Waals surface area (Å²) in [5, 5.41) is 17.1. The third-order valence-electron chi connectivity index (χ3n) is 5.57. The summed E-state index contributed by atoms with van der Waals surface area (Å²) in [6, 6.07) is 14.3. The molecular weight excluding hydrogens is 374 g/mol. The van der Waals surface area contributed by atoms with Crippen LogP contribution in [0.1, 0.15) is 31.4 Å². The molecule has 0 bridgehead atoms. The van der Waals surface area contributed by atoms with Crippen molar-refractivity contribution in [2.45, 2.75) is 32.3 Å². The number of nitrogens with one attached hydrogen (secondary N) is 2. The van der Waals surface area contributed by atoms with Gasteiger partial charge in [0.25, 0.3) is 0 Å². The molecule has 0 amide bonds. The summed E-state index contributed by atoms with van der Waals surface area (Å²) in [4.78, 5) is 9.35. The number of hydrogen-bond acceptors (Lipinski definition) is 5. The average Bonchev–Trinajstić information content (AvgIpc) is 3.22. The number of nitrogens with zero attached hydrogens (tertiary/aromatic N) is 3. The van der Waals surface area contributed by atoms with E-state index in [0.717, 1.165) is 41.1 Å². The first-order chi connectivity index (χ1) is 14.5. The zero-order valence-electron chi connectivity index (χ0n) is 17.2. The summed E-state index contributed by atoms with van der Waals surface area (Å²) in [6.07, 6.45) is 8.00. The Kier molecular flexibility index (Phi) is 4.44. The summed E-state index contributed by atoms with van der Waals surface area (Å²) in [6.45, 7) is 4.57. The summed E-state index contributed by atoms with van der Waals surface area (Å²) in [5.74, 6) is 0.694. The molecule has 6 nitrogen and oxygen atoms in total. The first kappa shape index (κ1) is 18.6. The van der Waals surface area contributed by atoms with E-state index in [9.17, 15) is 5.11 Å². The molecule has 6 heteroatoms. The maximum atomic E-state index is 10.2. The number of fused-ring (bicyclic) bond motifs is 2. The summed E-state index contributed by atoms with van der Waals surface area (Å²) < 4.78 is 1.99. The van der Waals surface area contributed by atoms with Gasteiger partial charge in [-0.1, -0.05) is 24.3 Å². The van der Waals surface area contributed by atoms with Gasteiger partial charge in [0.1, 0.15) is 0 Å². The van der Waals surface area contributed by atoms with Crippen LogP contribution in [0.4, 0.5) is 17.2 Å². The second kappa shape index (κ2) is 7.15. The van der Waals surface area contributed by atoms with Crippen molar-refractivity contribution in [2.24, 2.45) is 0 Å². The Hall–Kier alpha value is -3.38. The zero-order chi connectivity index (χ0) is 20.7. The van der Waals surface area contributed by atoms with Crippen molar-refractivity contribution in [2.75, 3.05) is 17.2 Å². The fraction of sp³-hybridized carbons (Fsp3) is 0.250. The van der Waals surface area contributed by atoms with E-state index < -0.39 is 5.60 Å². The van der Waals surface area contributed by atoms with Crippen molar-refractivity contribution in [1.29, 1.82) is 0 Å². The van der Waals surface area contributed by atoms with Gasteiger partial charge in [-0.2, -0.15) is 0 Å². The quantitative estimate of drug-likeness (QED) is 0.463. The highest BCUT2D eigenvalue weighted by molar-refractivity contribution is 5.75. The minimum absolute atomic E-state index is 0.694. The number of rotatable bonds is 4. The van der Waals surface area contributed by atoms with Gasteiger partial charge in [0.15, 0.2) is 11.5 Å². The Labute approximate surface area is 175 Å². The molecular formula is C24H25N5O. The standard InChI is InChI=1S/C24H25N5O/c1-24(2,30)18-7-9-19(10-8-18)27-22-23-26-12-13-29(23)15-21(28-22)17-6-5-16-4-3-11-25-20(16)14-17/h5-10,12-15,25,30H,3-4,11H2,1-2H3,(H,27,28). The minimum Gasteiger partial charge on any atom is -0.386 e. The van der Waals surface area contributed by atoms with Crippen LogP contribution in [0.2, 0.25) is 0 Å². The predicted molar refractivity (Wildman–Crippen MR) is 120 cm³/mol.